The average Bonchev–Trinajstić information content (AvgIpc) is 3.42. The van der Waals surface area contributed by atoms with Crippen LogP contribution in [0.4, 0.5) is 0 Å². The first kappa shape index (κ1) is 27.9. The molecule has 2 heterocycles. The number of carbonyl (C=O) groups excluding carboxylic acids is 1. The van der Waals surface area contributed by atoms with Gasteiger partial charge in [-0.25, -0.2) is 19.2 Å². The Morgan fingerprint density at radius 2 is 1.60 bits per heavy atom. The first-order chi connectivity index (χ1) is 19.6. The highest BCUT2D eigenvalue weighted by Crippen LogP contribution is 2.37. The molecule has 6 nitrogen and oxygen atoms in total. The van der Waals surface area contributed by atoms with Crippen LogP contribution in [0, 0.1) is 0 Å². The molecule has 5 rings (SSSR count). The van der Waals surface area contributed by atoms with E-state index in [2.05, 4.69) is 98.6 Å². The van der Waals surface area contributed by atoms with E-state index in [0.717, 1.165) is 50.7 Å². The third-order valence-electron chi connectivity index (χ3n) is 6.62. The molecule has 1 unspecified atom stereocenters. The number of halogens is 1. The zero-order chi connectivity index (χ0) is 27.9. The van der Waals surface area contributed by atoms with Crippen LogP contribution in [-0.2, 0) is 9.53 Å². The van der Waals surface area contributed by atoms with Crippen molar-refractivity contribution in [3.05, 3.63) is 120 Å². The summed E-state index contributed by atoms with van der Waals surface area (Å²) in [6.07, 6.45) is 11.8. The lowest BCUT2D eigenvalue weighted by Crippen LogP contribution is -1.98. The van der Waals surface area contributed by atoms with E-state index >= 15 is 0 Å². The number of benzene rings is 3. The number of ether oxygens (including phenoxy) is 1. The van der Waals surface area contributed by atoms with Crippen LogP contribution in [0.2, 0.25) is 0 Å². The summed E-state index contributed by atoms with van der Waals surface area (Å²) in [5.41, 5.74) is 9.94. The number of rotatable bonds is 9. The molecule has 0 bridgehead atoms. The summed E-state index contributed by atoms with van der Waals surface area (Å²) in [6.45, 7) is 4.35. The molecule has 0 N–H and O–H groups in total. The number of aromatic nitrogens is 4. The Morgan fingerprint density at radius 1 is 0.900 bits per heavy atom. The van der Waals surface area contributed by atoms with E-state index in [1.807, 2.05) is 35.2 Å². The maximum Gasteiger partial charge on any atom is 0.330 e. The lowest BCUT2D eigenvalue weighted by Gasteiger charge is -2.17. The number of nitrogens with zero attached hydrogens (tertiary/aromatic N) is 4. The van der Waals surface area contributed by atoms with Crippen LogP contribution in [0.25, 0.3) is 39.3 Å². The Morgan fingerprint density at radius 3 is 2.27 bits per heavy atom. The number of fused-ring (bicyclic) bond motifs is 1. The van der Waals surface area contributed by atoms with Gasteiger partial charge < -0.3 is 4.74 Å². The van der Waals surface area contributed by atoms with Crippen molar-refractivity contribution in [3.63, 3.8) is 0 Å². The van der Waals surface area contributed by atoms with E-state index in [0.29, 0.717) is 13.0 Å². The molecule has 0 radical (unpaired) electrons. The topological polar surface area (TPSA) is 69.9 Å². The van der Waals surface area contributed by atoms with E-state index in [1.165, 1.54) is 17.2 Å². The molecule has 0 amide bonds. The van der Waals surface area contributed by atoms with Crippen LogP contribution in [0.15, 0.2) is 97.7 Å². The van der Waals surface area contributed by atoms with Gasteiger partial charge in [-0.15, -0.1) is 0 Å². The molecular formula is C32H28IN4O2P. The molecular weight excluding hydrogens is 630 g/mol. The third kappa shape index (κ3) is 6.21. The predicted octanol–water partition coefficient (Wildman–Crippen LogP) is 8.23. The minimum absolute atomic E-state index is 0.341. The molecule has 0 saturated carbocycles. The maximum atomic E-state index is 11.8. The molecule has 3 aromatic carbocycles. The summed E-state index contributed by atoms with van der Waals surface area (Å²) < 4.78 is 7.04. The van der Waals surface area contributed by atoms with Gasteiger partial charge in [0.2, 0.25) is 0 Å². The summed E-state index contributed by atoms with van der Waals surface area (Å²) in [7, 11) is 0. The highest BCUT2D eigenvalue weighted by atomic mass is 127. The summed E-state index contributed by atoms with van der Waals surface area (Å²) >= 11 is 2.36. The fraction of sp³-hybridized carbons (Fsp3) is 0.125. The molecule has 0 spiro atoms. The van der Waals surface area contributed by atoms with Gasteiger partial charge in [0.25, 0.3) is 0 Å². The van der Waals surface area contributed by atoms with E-state index in [4.69, 9.17) is 4.74 Å². The fourth-order valence-electron chi connectivity index (χ4n) is 4.72. The molecule has 0 aliphatic heterocycles. The Bertz CT molecular complexity index is 1680. The van der Waals surface area contributed by atoms with Crippen molar-refractivity contribution in [2.45, 2.75) is 20.3 Å². The minimum atomic E-state index is -0.341. The van der Waals surface area contributed by atoms with Crippen molar-refractivity contribution < 1.29 is 9.53 Å². The van der Waals surface area contributed by atoms with Crippen molar-refractivity contribution in [3.8, 4) is 11.1 Å². The molecule has 0 aliphatic carbocycles. The molecule has 5 aromatic rings. The first-order valence-electron chi connectivity index (χ1n) is 13.0. The second-order valence-corrected chi connectivity index (χ2v) is 11.1. The molecule has 0 saturated heterocycles. The Kier molecular flexibility index (Phi) is 9.14. The number of carbonyl (C=O) groups is 1. The van der Waals surface area contributed by atoms with Gasteiger partial charge in [0, 0.05) is 29.4 Å². The van der Waals surface area contributed by atoms with Gasteiger partial charge in [-0.2, -0.15) is 5.10 Å². The zero-order valence-electron chi connectivity index (χ0n) is 22.2. The van der Waals surface area contributed by atoms with Crippen LogP contribution in [0.5, 0.6) is 0 Å². The first-order valence-corrected chi connectivity index (χ1v) is 17.1. The van der Waals surface area contributed by atoms with Crippen LogP contribution in [0.3, 0.4) is 0 Å². The molecule has 2 aromatic heterocycles. The van der Waals surface area contributed by atoms with Gasteiger partial charge in [0.15, 0.2) is 0 Å². The maximum absolute atomic E-state index is 11.8. The van der Waals surface area contributed by atoms with Crippen molar-refractivity contribution >= 4 is 62.5 Å². The van der Waals surface area contributed by atoms with Gasteiger partial charge >= 0.3 is 5.97 Å². The smallest absolute Gasteiger partial charge is 0.330 e. The van der Waals surface area contributed by atoms with Crippen LogP contribution >= 0.6 is 28.4 Å². The largest absolute Gasteiger partial charge is 0.463 e. The molecule has 0 fully saturated rings. The van der Waals surface area contributed by atoms with Gasteiger partial charge in [-0.3, -0.25) is 0 Å². The zero-order valence-corrected chi connectivity index (χ0v) is 25.4. The number of allylic oxidation sites excluding steroid dienone is 1. The van der Waals surface area contributed by atoms with Crippen molar-refractivity contribution in [1.82, 2.24) is 19.5 Å². The monoisotopic (exact) mass is 658 g/mol. The van der Waals surface area contributed by atoms with Crippen molar-refractivity contribution in [2.75, 3.05) is 6.61 Å². The Hall–Kier alpha value is -3.68. The lowest BCUT2D eigenvalue weighted by atomic mass is 9.87. The highest BCUT2D eigenvalue weighted by molar-refractivity contribution is 14.2. The van der Waals surface area contributed by atoms with Crippen LogP contribution in [0.1, 0.15) is 42.5 Å². The average molecular weight is 658 g/mol. The van der Waals surface area contributed by atoms with Crippen LogP contribution < -0.4 is 0 Å². The van der Waals surface area contributed by atoms with Crippen molar-refractivity contribution in [1.29, 1.82) is 0 Å². The van der Waals surface area contributed by atoms with Gasteiger partial charge in [-0.1, -0.05) is 61.5 Å². The highest BCUT2D eigenvalue weighted by Gasteiger charge is 2.15. The SMILES string of the molecule is CCOC(=O)/C=C/c1ccc(/C(=C(/CC)c2ccc(-c3cncnc3)cc2)c2ccc3c(cnn3PI)c2)cc1. The molecule has 0 aliphatic rings. The Labute approximate surface area is 248 Å². The van der Waals surface area contributed by atoms with Gasteiger partial charge in [0.05, 0.1) is 24.7 Å². The van der Waals surface area contributed by atoms with E-state index in [-0.39, 0.29) is 5.97 Å². The summed E-state index contributed by atoms with van der Waals surface area (Å²) in [5, 5.41) is 5.67. The molecule has 8 heteroatoms. The summed E-state index contributed by atoms with van der Waals surface area (Å²) in [5.74, 6) is -0.341. The standard InChI is InChI=1S/C32H28IN4O2P/c1-3-29(24-12-10-23(11-13-24)28-18-34-21-35-19-28)32(26-14-15-30-27(17-26)20-36-37(30)40-33)25-8-5-22(6-9-25)7-16-31(38)39-4-2/h5-21,40H,3-4H2,1-2H3/b16-7+,32-29+. The van der Waals surface area contributed by atoms with Crippen LogP contribution in [-0.4, -0.2) is 32.1 Å². The summed E-state index contributed by atoms with van der Waals surface area (Å²) in [4.78, 5) is 20.1. The second-order valence-electron chi connectivity index (χ2n) is 9.03. The second kappa shape index (κ2) is 13.1. The normalized spacial score (nSPS) is 12.4. The number of hydrogen-bond acceptors (Lipinski definition) is 5. The summed E-state index contributed by atoms with van der Waals surface area (Å²) in [6, 6.07) is 23.5. The quantitative estimate of drug-likeness (QED) is 0.0525. The lowest BCUT2D eigenvalue weighted by molar-refractivity contribution is -0.137. The Balaban J connectivity index is 1.61. The van der Waals surface area contributed by atoms with Crippen molar-refractivity contribution in [2.24, 2.45) is 0 Å². The van der Waals surface area contributed by atoms with Gasteiger partial charge in [-0.05, 0) is 92.6 Å². The third-order valence-corrected chi connectivity index (χ3v) is 8.50. The fourth-order valence-corrected chi connectivity index (χ4v) is 6.27. The van der Waals surface area contributed by atoms with E-state index in [1.54, 1.807) is 19.3 Å². The predicted molar refractivity (Wildman–Crippen MR) is 173 cm³/mol. The number of esters is 1. The van der Waals surface area contributed by atoms with Gasteiger partial charge in [0.1, 0.15) is 6.33 Å². The van der Waals surface area contributed by atoms with E-state index < -0.39 is 0 Å². The molecule has 1 atom stereocenters. The van der Waals surface area contributed by atoms with E-state index in [9.17, 15) is 4.79 Å². The molecule has 40 heavy (non-hydrogen) atoms. The number of hydrogen-bond donors (Lipinski definition) is 0. The molecule has 200 valence electrons. The minimum Gasteiger partial charge on any atom is -0.463 e.